The fraction of sp³-hybridized carbons (Fsp3) is 0.211. The number of hydrogen-bond donors (Lipinski definition) is 3. The van der Waals surface area contributed by atoms with E-state index in [4.69, 9.17) is 16.4 Å². The van der Waals surface area contributed by atoms with Crippen LogP contribution in [0.15, 0.2) is 49.0 Å². The summed E-state index contributed by atoms with van der Waals surface area (Å²) in [4.78, 5) is 9.41. The molecule has 0 radical (unpaired) electrons. The second-order valence-electron chi connectivity index (χ2n) is 6.87. The van der Waals surface area contributed by atoms with Crippen LogP contribution in [0.25, 0.3) is 22.0 Å². The maximum atomic E-state index is 10.3. The Labute approximate surface area is 161 Å². The zero-order valence-electron chi connectivity index (χ0n) is 14.8. The van der Waals surface area contributed by atoms with Gasteiger partial charge in [0.1, 0.15) is 17.7 Å². The number of phenols is 1. The second kappa shape index (κ2) is 6.68. The molecule has 8 heteroatoms. The molecule has 0 fully saturated rings. The van der Waals surface area contributed by atoms with E-state index in [1.807, 2.05) is 26.0 Å². The number of phenolic OH excluding ortho intramolecular Hbond substituents is 1. The molecule has 0 aliphatic carbocycles. The van der Waals surface area contributed by atoms with Crippen molar-refractivity contribution in [3.63, 3.8) is 0 Å². The van der Waals surface area contributed by atoms with Crippen LogP contribution in [0.5, 0.6) is 5.75 Å². The van der Waals surface area contributed by atoms with Gasteiger partial charge in [0.25, 0.3) is 0 Å². The van der Waals surface area contributed by atoms with Crippen LogP contribution in [0.4, 0.5) is 5.82 Å². The van der Waals surface area contributed by atoms with Gasteiger partial charge in [0, 0.05) is 33.8 Å². The zero-order valence-corrected chi connectivity index (χ0v) is 15.5. The summed E-state index contributed by atoms with van der Waals surface area (Å²) in [6, 6.07) is 6.70. The summed E-state index contributed by atoms with van der Waals surface area (Å²) in [6.07, 6.45) is 6.92. The molecule has 3 N–H and O–H groups in total. The molecular formula is C19H18ClN5O2. The third-order valence-corrected chi connectivity index (χ3v) is 4.76. The Morgan fingerprint density at radius 2 is 2.07 bits per heavy atom. The summed E-state index contributed by atoms with van der Waals surface area (Å²) in [5.41, 5.74) is 3.74. The maximum Gasteiger partial charge on any atom is 0.158 e. The van der Waals surface area contributed by atoms with E-state index in [-0.39, 0.29) is 17.3 Å². The molecule has 0 spiro atoms. The van der Waals surface area contributed by atoms with E-state index in [1.54, 1.807) is 30.8 Å². The number of aromatic nitrogens is 3. The number of fused-ring (bicyclic) bond motifs is 1. The first-order valence-electron chi connectivity index (χ1n) is 8.41. The molecule has 1 aliphatic rings. The summed E-state index contributed by atoms with van der Waals surface area (Å²) in [5, 5.41) is 24.5. The van der Waals surface area contributed by atoms with Gasteiger partial charge in [0.15, 0.2) is 5.82 Å². The van der Waals surface area contributed by atoms with Crippen LogP contribution in [0.1, 0.15) is 13.8 Å². The van der Waals surface area contributed by atoms with Crippen molar-refractivity contribution in [2.45, 2.75) is 25.4 Å². The number of pyridine rings is 1. The number of hydrogen-bond acceptors (Lipinski definition) is 7. The lowest BCUT2D eigenvalue weighted by Gasteiger charge is -2.35. The lowest BCUT2D eigenvalue weighted by molar-refractivity contribution is 0.0415. The summed E-state index contributed by atoms with van der Waals surface area (Å²) in [7, 11) is 0. The fourth-order valence-corrected chi connectivity index (χ4v) is 3.16. The largest absolute Gasteiger partial charge is 0.507 e. The Kier molecular flexibility index (Phi) is 4.33. The average Bonchev–Trinajstić information content (AvgIpc) is 2.64. The molecule has 0 unspecified atom stereocenters. The second-order valence-corrected chi connectivity index (χ2v) is 7.31. The molecule has 0 bridgehead atoms. The molecule has 7 nitrogen and oxygen atoms in total. The molecule has 27 heavy (non-hydrogen) atoms. The zero-order chi connectivity index (χ0) is 19.0. The highest BCUT2D eigenvalue weighted by Crippen LogP contribution is 2.36. The number of nitrogens with zero attached hydrogens (tertiary/aromatic N) is 3. The lowest BCUT2D eigenvalue weighted by Crippen LogP contribution is -2.53. The van der Waals surface area contributed by atoms with Crippen molar-refractivity contribution in [3.8, 4) is 17.0 Å². The topological polar surface area (TPSA) is 92.2 Å². The predicted octanol–water partition coefficient (Wildman–Crippen LogP) is 3.66. The van der Waals surface area contributed by atoms with Crippen molar-refractivity contribution in [3.05, 3.63) is 54.0 Å². The van der Waals surface area contributed by atoms with E-state index in [0.717, 1.165) is 10.8 Å². The van der Waals surface area contributed by atoms with Crippen LogP contribution in [0, 0.1) is 0 Å². The summed E-state index contributed by atoms with van der Waals surface area (Å²) in [6.45, 7) is 4.03. The highest BCUT2D eigenvalue weighted by Gasteiger charge is 2.31. The third kappa shape index (κ3) is 3.27. The number of halogens is 1. The predicted molar refractivity (Wildman–Crippen MR) is 104 cm³/mol. The van der Waals surface area contributed by atoms with Gasteiger partial charge in [-0.2, -0.15) is 0 Å². The van der Waals surface area contributed by atoms with Gasteiger partial charge in [-0.25, -0.2) is 0 Å². The van der Waals surface area contributed by atoms with Crippen molar-refractivity contribution < 1.29 is 9.94 Å². The number of rotatable bonds is 3. The van der Waals surface area contributed by atoms with E-state index in [1.165, 1.54) is 6.07 Å². The summed E-state index contributed by atoms with van der Waals surface area (Å²) >= 11 is 5.94. The Hall–Kier alpha value is -2.90. The van der Waals surface area contributed by atoms with Crippen molar-refractivity contribution in [2.24, 2.45) is 0 Å². The number of hydroxylamine groups is 1. The van der Waals surface area contributed by atoms with Crippen LogP contribution in [0.2, 0.25) is 5.02 Å². The van der Waals surface area contributed by atoms with Crippen molar-refractivity contribution in [1.29, 1.82) is 0 Å². The van der Waals surface area contributed by atoms with Gasteiger partial charge in [0.2, 0.25) is 0 Å². The molecular weight excluding hydrogens is 366 g/mol. The van der Waals surface area contributed by atoms with Crippen LogP contribution in [-0.4, -0.2) is 31.9 Å². The molecule has 0 saturated heterocycles. The summed E-state index contributed by atoms with van der Waals surface area (Å²) in [5.74, 6) is 0.648. The Morgan fingerprint density at radius 1 is 1.22 bits per heavy atom. The maximum absolute atomic E-state index is 10.3. The lowest BCUT2D eigenvalue weighted by atomic mass is 9.94. The van der Waals surface area contributed by atoms with E-state index >= 15 is 0 Å². The minimum absolute atomic E-state index is 0.0494. The van der Waals surface area contributed by atoms with Crippen molar-refractivity contribution in [2.75, 3.05) is 5.32 Å². The number of aromatic hydroxyl groups is 1. The molecule has 3 aromatic rings. The van der Waals surface area contributed by atoms with Gasteiger partial charge < -0.3 is 15.3 Å². The Bertz CT molecular complexity index is 1040. The van der Waals surface area contributed by atoms with Gasteiger partial charge in [-0.1, -0.05) is 11.6 Å². The SMILES string of the molecule is CC1(C)NOC=C[C@H]1Nc1nnc(-c2ccc(Cl)cc2O)c2ccncc12. The Balaban J connectivity index is 1.81. The molecule has 2 aromatic heterocycles. The van der Waals surface area contributed by atoms with Gasteiger partial charge in [-0.3, -0.25) is 4.98 Å². The fourth-order valence-electron chi connectivity index (χ4n) is 2.99. The molecule has 1 aromatic carbocycles. The van der Waals surface area contributed by atoms with Gasteiger partial charge >= 0.3 is 0 Å². The standard InChI is InChI=1S/C19H18ClN5O2/c1-19(2)16(6-8-27-25-19)22-18-14-10-21-7-5-12(14)17(23-24-18)13-4-3-11(20)9-15(13)26/h3-10,16,25-26H,1-2H3,(H,22,24)/t16-/m1/s1. The minimum atomic E-state index is -0.349. The van der Waals surface area contributed by atoms with E-state index < -0.39 is 0 Å². The van der Waals surface area contributed by atoms with Crippen LogP contribution >= 0.6 is 11.6 Å². The quantitative estimate of drug-likeness (QED) is 0.635. The first kappa shape index (κ1) is 17.5. The number of nitrogens with one attached hydrogen (secondary N) is 2. The van der Waals surface area contributed by atoms with Crippen LogP contribution in [0.3, 0.4) is 0 Å². The highest BCUT2D eigenvalue weighted by molar-refractivity contribution is 6.30. The normalized spacial score (nSPS) is 18.3. The van der Waals surface area contributed by atoms with E-state index in [0.29, 0.717) is 22.1 Å². The number of benzene rings is 1. The smallest absolute Gasteiger partial charge is 0.158 e. The van der Waals surface area contributed by atoms with E-state index in [2.05, 4.69) is 26.0 Å². The molecule has 3 heterocycles. The number of anilines is 1. The molecule has 0 saturated carbocycles. The highest BCUT2D eigenvalue weighted by atomic mass is 35.5. The summed E-state index contributed by atoms with van der Waals surface area (Å²) < 4.78 is 0. The van der Waals surface area contributed by atoms with E-state index in [9.17, 15) is 5.11 Å². The third-order valence-electron chi connectivity index (χ3n) is 4.53. The van der Waals surface area contributed by atoms with Crippen LogP contribution in [-0.2, 0) is 4.84 Å². The van der Waals surface area contributed by atoms with Gasteiger partial charge in [0.05, 0.1) is 11.6 Å². The monoisotopic (exact) mass is 383 g/mol. The first-order chi connectivity index (χ1) is 13.0. The molecule has 0 amide bonds. The molecule has 4 rings (SSSR count). The molecule has 138 valence electrons. The molecule has 1 aliphatic heterocycles. The minimum Gasteiger partial charge on any atom is -0.507 e. The van der Waals surface area contributed by atoms with Crippen molar-refractivity contribution in [1.82, 2.24) is 20.7 Å². The average molecular weight is 384 g/mol. The Morgan fingerprint density at radius 3 is 2.85 bits per heavy atom. The van der Waals surface area contributed by atoms with Gasteiger partial charge in [-0.15, -0.1) is 15.7 Å². The first-order valence-corrected chi connectivity index (χ1v) is 8.79. The van der Waals surface area contributed by atoms with Gasteiger partial charge in [-0.05, 0) is 44.2 Å². The van der Waals surface area contributed by atoms with Crippen molar-refractivity contribution >= 4 is 28.2 Å². The van der Waals surface area contributed by atoms with Crippen LogP contribution < -0.4 is 10.8 Å². The molecule has 1 atom stereocenters.